The average molecular weight is 478 g/mol. The summed E-state index contributed by atoms with van der Waals surface area (Å²) < 4.78 is 11.5. The van der Waals surface area contributed by atoms with Crippen LogP contribution >= 0.6 is 23.4 Å². The minimum Gasteiger partial charge on any atom is -0.465 e. The summed E-state index contributed by atoms with van der Waals surface area (Å²) in [7, 11) is 2.85. The van der Waals surface area contributed by atoms with Crippen molar-refractivity contribution in [2.45, 2.75) is 37.7 Å². The molecule has 0 bridgehead atoms. The standard InChI is InChI=1S/C22H24ClN3O5S/c1-11-17(21(29)31-5)12(2)24-18(11)19(27)13(3)32-22-25-16-10-14(23)6-7-15(16)20(28)26(22)8-9-30-4/h6-7,10,13,24H,8-9H2,1-5H3. The SMILES string of the molecule is COCCn1c(SC(C)C(=O)c2[nH]c(C)c(C(=O)OC)c2C)nc2cc(Cl)ccc2c1=O. The summed E-state index contributed by atoms with van der Waals surface area (Å²) in [5.74, 6) is -0.721. The second kappa shape index (κ2) is 9.89. The fraction of sp³-hybridized carbons (Fsp3) is 0.364. The number of ether oxygens (including phenoxy) is 2. The average Bonchev–Trinajstić information content (AvgIpc) is 3.06. The number of nitrogens with one attached hydrogen (secondary N) is 1. The van der Waals surface area contributed by atoms with Gasteiger partial charge < -0.3 is 14.5 Å². The number of aromatic amines is 1. The van der Waals surface area contributed by atoms with E-state index in [4.69, 9.17) is 21.1 Å². The Labute approximate surface area is 194 Å². The molecule has 0 fully saturated rings. The Morgan fingerprint density at radius 3 is 2.66 bits per heavy atom. The first-order valence-corrected chi connectivity index (χ1v) is 11.1. The zero-order valence-electron chi connectivity index (χ0n) is 18.4. The van der Waals surface area contributed by atoms with Gasteiger partial charge in [0.2, 0.25) is 0 Å². The van der Waals surface area contributed by atoms with Crippen molar-refractivity contribution in [1.82, 2.24) is 14.5 Å². The smallest absolute Gasteiger partial charge is 0.339 e. The van der Waals surface area contributed by atoms with Gasteiger partial charge in [0.1, 0.15) is 0 Å². The van der Waals surface area contributed by atoms with Crippen molar-refractivity contribution in [3.05, 3.63) is 56.1 Å². The molecule has 0 radical (unpaired) electrons. The van der Waals surface area contributed by atoms with Crippen LogP contribution in [0.25, 0.3) is 10.9 Å². The van der Waals surface area contributed by atoms with E-state index in [1.165, 1.54) is 11.7 Å². The zero-order chi connectivity index (χ0) is 23.6. The predicted molar refractivity (Wildman–Crippen MR) is 124 cm³/mol. The van der Waals surface area contributed by atoms with Crippen LogP contribution in [0.1, 0.15) is 39.0 Å². The summed E-state index contributed by atoms with van der Waals surface area (Å²) in [6.45, 7) is 5.75. The minimum absolute atomic E-state index is 0.218. The summed E-state index contributed by atoms with van der Waals surface area (Å²) >= 11 is 7.25. The molecule has 2 heterocycles. The number of methoxy groups -OCH3 is 2. The number of hydrogen-bond acceptors (Lipinski definition) is 7. The first-order chi connectivity index (χ1) is 15.2. The van der Waals surface area contributed by atoms with Crippen molar-refractivity contribution in [1.29, 1.82) is 0 Å². The Balaban J connectivity index is 2.00. The molecule has 170 valence electrons. The van der Waals surface area contributed by atoms with Crippen molar-refractivity contribution < 1.29 is 19.1 Å². The van der Waals surface area contributed by atoms with Gasteiger partial charge in [0, 0.05) is 17.8 Å². The lowest BCUT2D eigenvalue weighted by Crippen LogP contribution is -2.26. The molecule has 3 rings (SSSR count). The number of fused-ring (bicyclic) bond motifs is 1. The normalized spacial score (nSPS) is 12.2. The molecule has 0 saturated heterocycles. The van der Waals surface area contributed by atoms with Crippen molar-refractivity contribution in [2.24, 2.45) is 0 Å². The maximum atomic E-state index is 13.2. The fourth-order valence-corrected chi connectivity index (χ4v) is 4.62. The number of carbonyl (C=O) groups excluding carboxylic acids is 2. The summed E-state index contributed by atoms with van der Waals surface area (Å²) in [5, 5.41) is 0.700. The van der Waals surface area contributed by atoms with Crippen LogP contribution in [0.15, 0.2) is 28.2 Å². The molecule has 0 spiro atoms. The molecule has 1 aromatic carbocycles. The molecule has 2 aromatic heterocycles. The molecule has 32 heavy (non-hydrogen) atoms. The number of halogens is 1. The fourth-order valence-electron chi connectivity index (χ4n) is 3.46. The minimum atomic E-state index is -0.588. The Hall–Kier alpha value is -2.62. The van der Waals surface area contributed by atoms with E-state index in [0.717, 1.165) is 11.8 Å². The second-order valence-electron chi connectivity index (χ2n) is 7.25. The van der Waals surface area contributed by atoms with Crippen molar-refractivity contribution in [3.8, 4) is 0 Å². The number of rotatable bonds is 8. The topological polar surface area (TPSA) is 103 Å². The highest BCUT2D eigenvalue weighted by Crippen LogP contribution is 2.28. The molecule has 1 unspecified atom stereocenters. The number of esters is 1. The largest absolute Gasteiger partial charge is 0.465 e. The van der Waals surface area contributed by atoms with Crippen LogP contribution in [0, 0.1) is 13.8 Å². The van der Waals surface area contributed by atoms with E-state index >= 15 is 0 Å². The van der Waals surface area contributed by atoms with Crippen molar-refractivity contribution in [2.75, 3.05) is 20.8 Å². The molecule has 8 nitrogen and oxygen atoms in total. The maximum absolute atomic E-state index is 13.2. The van der Waals surface area contributed by atoms with Gasteiger partial charge in [-0.3, -0.25) is 14.2 Å². The molecule has 3 aromatic rings. The number of hydrogen-bond donors (Lipinski definition) is 1. The van der Waals surface area contributed by atoms with Gasteiger partial charge in [0.25, 0.3) is 5.56 Å². The molecule has 1 N–H and O–H groups in total. The predicted octanol–water partition coefficient (Wildman–Crippen LogP) is 3.79. The van der Waals surface area contributed by atoms with Gasteiger partial charge in [-0.15, -0.1) is 0 Å². The van der Waals surface area contributed by atoms with E-state index in [2.05, 4.69) is 9.97 Å². The second-order valence-corrected chi connectivity index (χ2v) is 8.99. The van der Waals surface area contributed by atoms with Crippen LogP contribution < -0.4 is 5.56 Å². The Kier molecular flexibility index (Phi) is 7.43. The first-order valence-electron chi connectivity index (χ1n) is 9.87. The lowest BCUT2D eigenvalue weighted by molar-refractivity contribution is 0.0599. The van der Waals surface area contributed by atoms with Crippen LogP contribution in [0.2, 0.25) is 5.02 Å². The van der Waals surface area contributed by atoms with Crippen molar-refractivity contribution in [3.63, 3.8) is 0 Å². The van der Waals surface area contributed by atoms with E-state index in [-0.39, 0.29) is 17.9 Å². The Bertz CT molecular complexity index is 1250. The quantitative estimate of drug-likeness (QED) is 0.228. The highest BCUT2D eigenvalue weighted by Gasteiger charge is 2.27. The van der Waals surface area contributed by atoms with E-state index in [1.54, 1.807) is 46.1 Å². The number of ketones is 1. The van der Waals surface area contributed by atoms with Gasteiger partial charge in [-0.05, 0) is 44.5 Å². The third-order valence-corrected chi connectivity index (χ3v) is 6.45. The molecule has 0 saturated carbocycles. The third kappa shape index (κ3) is 4.60. The summed E-state index contributed by atoms with van der Waals surface area (Å²) in [4.78, 5) is 45.9. The third-order valence-electron chi connectivity index (χ3n) is 5.13. The zero-order valence-corrected chi connectivity index (χ0v) is 20.0. The van der Waals surface area contributed by atoms with E-state index < -0.39 is 11.2 Å². The van der Waals surface area contributed by atoms with Gasteiger partial charge in [-0.2, -0.15) is 0 Å². The molecule has 0 aliphatic rings. The van der Waals surface area contributed by atoms with E-state index in [0.29, 0.717) is 50.2 Å². The van der Waals surface area contributed by atoms with Gasteiger partial charge >= 0.3 is 5.97 Å². The molecular weight excluding hydrogens is 454 g/mol. The highest BCUT2D eigenvalue weighted by atomic mass is 35.5. The molecule has 0 aliphatic carbocycles. The lowest BCUT2D eigenvalue weighted by Gasteiger charge is -2.16. The van der Waals surface area contributed by atoms with Gasteiger partial charge in [0.05, 0.1) is 47.7 Å². The number of carbonyl (C=O) groups is 2. The first kappa shape index (κ1) is 24.0. The summed E-state index contributed by atoms with van der Waals surface area (Å²) in [6, 6.07) is 4.90. The number of aromatic nitrogens is 3. The molecule has 0 aliphatic heterocycles. The van der Waals surface area contributed by atoms with E-state index in [1.807, 2.05) is 0 Å². The van der Waals surface area contributed by atoms with Crippen LogP contribution in [0.3, 0.4) is 0 Å². The Morgan fingerprint density at radius 2 is 2.00 bits per heavy atom. The maximum Gasteiger partial charge on any atom is 0.339 e. The number of aryl methyl sites for hydroxylation is 1. The monoisotopic (exact) mass is 477 g/mol. The molecular formula is C22H24ClN3O5S. The van der Waals surface area contributed by atoms with Crippen LogP contribution in [-0.2, 0) is 16.0 Å². The Morgan fingerprint density at radius 1 is 1.28 bits per heavy atom. The van der Waals surface area contributed by atoms with E-state index in [9.17, 15) is 14.4 Å². The number of H-pyrrole nitrogens is 1. The number of benzene rings is 1. The number of thioether (sulfide) groups is 1. The van der Waals surface area contributed by atoms with Crippen LogP contribution in [-0.4, -0.2) is 52.4 Å². The van der Waals surface area contributed by atoms with Crippen molar-refractivity contribution >= 4 is 46.0 Å². The highest BCUT2D eigenvalue weighted by molar-refractivity contribution is 8.00. The molecule has 10 heteroatoms. The summed E-state index contributed by atoms with van der Waals surface area (Å²) in [6.07, 6.45) is 0. The molecule has 1 atom stereocenters. The van der Waals surface area contributed by atoms with Gasteiger partial charge in [-0.25, -0.2) is 9.78 Å². The number of Topliss-reactive ketones (excluding diaryl/α,β-unsaturated/α-hetero) is 1. The van der Waals surface area contributed by atoms with Gasteiger partial charge in [-0.1, -0.05) is 23.4 Å². The molecule has 0 amide bonds. The number of nitrogens with zero attached hydrogens (tertiary/aromatic N) is 2. The lowest BCUT2D eigenvalue weighted by atomic mass is 10.1. The van der Waals surface area contributed by atoms with Crippen LogP contribution in [0.4, 0.5) is 0 Å². The van der Waals surface area contributed by atoms with Gasteiger partial charge in [0.15, 0.2) is 10.9 Å². The summed E-state index contributed by atoms with van der Waals surface area (Å²) in [5.41, 5.74) is 2.00. The van der Waals surface area contributed by atoms with Crippen LogP contribution in [0.5, 0.6) is 0 Å².